The highest BCUT2D eigenvalue weighted by Gasteiger charge is 2.31. The van der Waals surface area contributed by atoms with Crippen LogP contribution in [-0.4, -0.2) is 138 Å². The molecule has 9 amide bonds. The zero-order valence-corrected chi connectivity index (χ0v) is 39.4. The summed E-state index contributed by atoms with van der Waals surface area (Å²) in [6.45, 7) is 5.72. The molecule has 0 radical (unpaired) electrons. The van der Waals surface area contributed by atoms with E-state index in [1.807, 2.05) is 31.3 Å². The van der Waals surface area contributed by atoms with Gasteiger partial charge in [-0.15, -0.1) is 0 Å². The van der Waals surface area contributed by atoms with Gasteiger partial charge in [0, 0.05) is 109 Å². The largest absolute Gasteiger partial charge is 0.415 e. The van der Waals surface area contributed by atoms with Gasteiger partial charge in [-0.2, -0.15) is 0 Å². The summed E-state index contributed by atoms with van der Waals surface area (Å²) in [6.07, 6.45) is 2.45. The molecule has 8 N–H and O–H groups in total. The second kappa shape index (κ2) is 21.8. The first-order valence-corrected chi connectivity index (χ1v) is 23.3. The number of anilines is 3. The minimum atomic E-state index is -1.21. The Bertz CT molecular complexity index is 3030. The third-order valence-corrected chi connectivity index (χ3v) is 12.4. The van der Waals surface area contributed by atoms with E-state index < -0.39 is 66.6 Å². The number of carbonyl (C=O) groups is 9. The van der Waals surface area contributed by atoms with E-state index >= 15 is 0 Å². The maximum atomic E-state index is 14.1. The van der Waals surface area contributed by atoms with Gasteiger partial charge in [0.05, 0.1) is 18.8 Å². The average molecular weight is 980 g/mol. The smallest absolute Gasteiger partial charge is 0.409 e. The molecule has 5 aromatic rings. The summed E-state index contributed by atoms with van der Waals surface area (Å²) >= 11 is 0. The summed E-state index contributed by atoms with van der Waals surface area (Å²) in [5, 5.41) is 15.2. The van der Waals surface area contributed by atoms with Crippen molar-refractivity contribution in [1.29, 1.82) is 0 Å². The molecule has 21 heteroatoms. The predicted octanol–water partition coefficient (Wildman–Crippen LogP) is 2.75. The van der Waals surface area contributed by atoms with Gasteiger partial charge in [0.2, 0.25) is 23.6 Å². The van der Waals surface area contributed by atoms with Crippen LogP contribution >= 0.6 is 0 Å². The number of ether oxygens (including phenoxy) is 1. The number of nitrogens with zero attached hydrogens (tertiary/aromatic N) is 4. The number of rotatable bonds is 17. The molecule has 3 aliphatic heterocycles. The highest BCUT2D eigenvalue weighted by Crippen LogP contribution is 2.41. The maximum Gasteiger partial charge on any atom is 0.415 e. The van der Waals surface area contributed by atoms with Gasteiger partial charge >= 0.3 is 6.09 Å². The SMILES string of the molecule is C=C(N)C[C@H](NC(=O)CNC(=O)CCCN1C(=O)C=CC1=O)C(=O)NCC(=O)Nc1ccc(C(=O)Nc2ccc3[nH]c(C(=O)N4CCc5c4cc(OC(=O)N4CCN(C)CC4)c4ccccc54)cc3c2)cc1. The Morgan fingerprint density at radius 2 is 1.47 bits per heavy atom. The molecule has 4 aromatic carbocycles. The van der Waals surface area contributed by atoms with Gasteiger partial charge in [-0.05, 0) is 79.4 Å². The molecule has 8 rings (SSSR count). The normalized spacial score (nSPS) is 14.8. The number of carbonyl (C=O) groups excluding carboxylic acids is 9. The van der Waals surface area contributed by atoms with Crippen LogP contribution in [0.1, 0.15) is 45.7 Å². The third-order valence-electron chi connectivity index (χ3n) is 12.4. The van der Waals surface area contributed by atoms with Crippen molar-refractivity contribution in [2.24, 2.45) is 5.73 Å². The highest BCUT2D eigenvalue weighted by atomic mass is 16.6. The van der Waals surface area contributed by atoms with E-state index in [1.165, 1.54) is 24.3 Å². The summed E-state index contributed by atoms with van der Waals surface area (Å²) in [7, 11) is 2.01. The van der Waals surface area contributed by atoms with Crippen molar-refractivity contribution in [1.82, 2.24) is 35.6 Å². The zero-order chi connectivity index (χ0) is 51.1. The molecule has 4 heterocycles. The molecular weight excluding hydrogens is 927 g/mol. The van der Waals surface area contributed by atoms with E-state index in [9.17, 15) is 43.2 Å². The number of nitrogens with one attached hydrogen (secondary N) is 6. The van der Waals surface area contributed by atoms with Gasteiger partial charge < -0.3 is 56.7 Å². The molecule has 1 atom stereocenters. The summed E-state index contributed by atoms with van der Waals surface area (Å²) in [5.74, 6) is -3.79. The van der Waals surface area contributed by atoms with Gasteiger partial charge in [-0.25, -0.2) is 4.79 Å². The standard InChI is InChI=1S/C51H53N11O10/c1-30(52)24-39(58-45(65)28-53-43(63)8-5-18-62-46(66)15-16-47(62)67)49(69)54-29-44(64)55-33-11-9-31(10-12-33)48(68)56-34-13-14-38-32(25-34)26-40(57-38)50(70)61-19-17-36-35-6-3-4-7-37(35)42(27-41(36)61)72-51(71)60-22-20-59(2)21-23-60/h3-4,6-7,9-16,25-27,39,57H,1,5,8,17-24,28-29,52H2,2H3,(H,53,63)(H,54,69)(H,55,64)(H,56,68)(H,58,65)/t39-/m0/s1. The second-order valence-corrected chi connectivity index (χ2v) is 17.6. The lowest BCUT2D eigenvalue weighted by Gasteiger charge is -2.31. The number of aromatic nitrogens is 1. The Labute approximate surface area is 412 Å². The first kappa shape index (κ1) is 49.6. The molecule has 72 heavy (non-hydrogen) atoms. The van der Waals surface area contributed by atoms with Crippen LogP contribution in [0, 0.1) is 0 Å². The number of hydrogen-bond acceptors (Lipinski definition) is 12. The Kier molecular flexibility index (Phi) is 15.0. The predicted molar refractivity (Wildman–Crippen MR) is 267 cm³/mol. The number of H-pyrrole nitrogens is 1. The molecule has 0 unspecified atom stereocenters. The Morgan fingerprint density at radius 1 is 0.778 bits per heavy atom. The first-order valence-electron chi connectivity index (χ1n) is 23.3. The van der Waals surface area contributed by atoms with Crippen LogP contribution in [0.25, 0.3) is 21.7 Å². The van der Waals surface area contributed by atoms with Gasteiger partial charge in [0.15, 0.2) is 0 Å². The fraction of sp³-hybridized carbons (Fsp3) is 0.275. The van der Waals surface area contributed by atoms with Crippen LogP contribution in [0.2, 0.25) is 0 Å². The molecule has 0 bridgehead atoms. The molecule has 372 valence electrons. The number of piperazine rings is 1. The van der Waals surface area contributed by atoms with Crippen molar-refractivity contribution < 1.29 is 47.9 Å². The highest BCUT2D eigenvalue weighted by molar-refractivity contribution is 6.13. The van der Waals surface area contributed by atoms with Gasteiger partial charge in [-0.3, -0.25) is 43.3 Å². The minimum absolute atomic E-state index is 0.0434. The molecule has 21 nitrogen and oxygen atoms in total. The van der Waals surface area contributed by atoms with Crippen LogP contribution in [0.3, 0.4) is 0 Å². The van der Waals surface area contributed by atoms with Crippen LogP contribution in [0.4, 0.5) is 21.9 Å². The van der Waals surface area contributed by atoms with E-state index in [2.05, 4.69) is 43.0 Å². The topological polar surface area (TPSA) is 278 Å². The molecule has 1 fully saturated rings. The van der Waals surface area contributed by atoms with E-state index in [1.54, 1.807) is 40.1 Å². The number of nitrogens with two attached hydrogens (primary N) is 1. The van der Waals surface area contributed by atoms with Crippen molar-refractivity contribution in [3.05, 3.63) is 120 Å². The number of aromatic amines is 1. The fourth-order valence-electron chi connectivity index (χ4n) is 8.59. The number of likely N-dealkylation sites (N-methyl/N-ethyl adjacent to an activating group) is 1. The maximum absolute atomic E-state index is 14.1. The molecule has 0 spiro atoms. The lowest BCUT2D eigenvalue weighted by molar-refractivity contribution is -0.137. The van der Waals surface area contributed by atoms with Gasteiger partial charge in [0.25, 0.3) is 23.6 Å². The monoisotopic (exact) mass is 979 g/mol. The summed E-state index contributed by atoms with van der Waals surface area (Å²) in [6, 6.07) is 21.3. The Hall–Kier alpha value is -8.85. The van der Waals surface area contributed by atoms with Crippen LogP contribution in [0.15, 0.2) is 103 Å². The molecule has 1 saturated heterocycles. The third kappa shape index (κ3) is 11.8. The van der Waals surface area contributed by atoms with E-state index in [0.717, 1.165) is 46.5 Å². The summed E-state index contributed by atoms with van der Waals surface area (Å²) < 4.78 is 6.00. The van der Waals surface area contributed by atoms with Gasteiger partial charge in [0.1, 0.15) is 17.5 Å². The molecule has 0 saturated carbocycles. The van der Waals surface area contributed by atoms with Crippen molar-refractivity contribution in [3.63, 3.8) is 0 Å². The van der Waals surface area contributed by atoms with Gasteiger partial charge in [-0.1, -0.05) is 30.8 Å². The lowest BCUT2D eigenvalue weighted by atomic mass is 10.0. The van der Waals surface area contributed by atoms with Crippen LogP contribution < -0.4 is 42.0 Å². The number of imide groups is 1. The lowest BCUT2D eigenvalue weighted by Crippen LogP contribution is -2.51. The number of benzene rings is 4. The van der Waals surface area contributed by atoms with E-state index in [0.29, 0.717) is 65.5 Å². The van der Waals surface area contributed by atoms with Crippen molar-refractivity contribution in [3.8, 4) is 5.75 Å². The first-order chi connectivity index (χ1) is 34.6. The zero-order valence-electron chi connectivity index (χ0n) is 39.4. The second-order valence-electron chi connectivity index (χ2n) is 17.6. The Balaban J connectivity index is 0.814. The quantitative estimate of drug-likeness (QED) is 0.0663. The Morgan fingerprint density at radius 3 is 2.19 bits per heavy atom. The number of amides is 9. The summed E-state index contributed by atoms with van der Waals surface area (Å²) in [5.41, 5.74) is 9.57. The number of hydrogen-bond donors (Lipinski definition) is 7. The fourth-order valence-corrected chi connectivity index (χ4v) is 8.59. The molecular formula is C51H53N11O10. The van der Waals surface area contributed by atoms with Crippen LogP contribution in [-0.2, 0) is 35.2 Å². The van der Waals surface area contributed by atoms with Crippen LogP contribution in [0.5, 0.6) is 5.75 Å². The summed E-state index contributed by atoms with van der Waals surface area (Å²) in [4.78, 5) is 124. The van der Waals surface area contributed by atoms with Crippen molar-refractivity contribution >= 4 is 92.1 Å². The van der Waals surface area contributed by atoms with Crippen molar-refractivity contribution in [2.45, 2.75) is 31.7 Å². The molecule has 0 aliphatic carbocycles. The van der Waals surface area contributed by atoms with E-state index in [4.69, 9.17) is 10.5 Å². The molecule has 3 aliphatic rings. The van der Waals surface area contributed by atoms with E-state index in [-0.39, 0.29) is 43.0 Å². The molecule has 1 aromatic heterocycles. The number of fused-ring (bicyclic) bond motifs is 4. The van der Waals surface area contributed by atoms with Crippen molar-refractivity contribution in [2.75, 3.05) is 74.9 Å². The minimum Gasteiger partial charge on any atom is -0.409 e. The average Bonchev–Trinajstić information content (AvgIpc) is 4.08.